The summed E-state index contributed by atoms with van der Waals surface area (Å²) < 4.78 is 0. The van der Waals surface area contributed by atoms with Crippen LogP contribution in [0.25, 0.3) is 0 Å². The molecule has 2 aromatic rings. The number of nitro groups is 1. The van der Waals surface area contributed by atoms with Gasteiger partial charge in [0.25, 0.3) is 5.69 Å². The van der Waals surface area contributed by atoms with Gasteiger partial charge in [0.05, 0.1) is 21.9 Å². The highest BCUT2D eigenvalue weighted by Crippen LogP contribution is 2.36. The van der Waals surface area contributed by atoms with Gasteiger partial charge in [-0.25, -0.2) is 0 Å². The SMILES string of the molecule is CCc1ccccc1N=C1c2c(cccc2[N+](=O)[O-])C(=O)[C@@H]1C(C)=O. The molecule has 2 aromatic carbocycles. The number of hydrogen-bond acceptors (Lipinski definition) is 5. The number of fused-ring (bicyclic) bond motifs is 1. The summed E-state index contributed by atoms with van der Waals surface area (Å²) in [7, 11) is 0. The molecule has 1 atom stereocenters. The summed E-state index contributed by atoms with van der Waals surface area (Å²) in [5.74, 6) is -1.90. The van der Waals surface area contributed by atoms with Gasteiger partial charge < -0.3 is 0 Å². The number of nitrogens with zero attached hydrogens (tertiary/aromatic N) is 2. The Morgan fingerprint density at radius 2 is 1.92 bits per heavy atom. The molecule has 0 fully saturated rings. The number of nitro benzene ring substituents is 1. The van der Waals surface area contributed by atoms with Gasteiger partial charge in [0.15, 0.2) is 5.78 Å². The van der Waals surface area contributed by atoms with Crippen LogP contribution in [0.3, 0.4) is 0 Å². The molecule has 6 nitrogen and oxygen atoms in total. The van der Waals surface area contributed by atoms with Gasteiger partial charge in [0.1, 0.15) is 11.7 Å². The number of benzene rings is 2. The van der Waals surface area contributed by atoms with Crippen LogP contribution in [0.5, 0.6) is 0 Å². The lowest BCUT2D eigenvalue weighted by molar-refractivity contribution is -0.385. The summed E-state index contributed by atoms with van der Waals surface area (Å²) in [4.78, 5) is 40.1. The molecule has 0 bridgehead atoms. The molecule has 0 N–H and O–H groups in total. The van der Waals surface area contributed by atoms with E-state index >= 15 is 0 Å². The molecular weight excluding hydrogens is 320 g/mol. The number of rotatable bonds is 4. The van der Waals surface area contributed by atoms with Crippen LogP contribution >= 0.6 is 0 Å². The van der Waals surface area contributed by atoms with Gasteiger partial charge in [-0.3, -0.25) is 24.7 Å². The number of Topliss-reactive ketones (excluding diaryl/α,β-unsaturated/α-hetero) is 2. The van der Waals surface area contributed by atoms with Crippen molar-refractivity contribution >= 4 is 28.7 Å². The Bertz CT molecular complexity index is 931. The largest absolute Gasteiger partial charge is 0.299 e. The van der Waals surface area contributed by atoms with Crippen molar-refractivity contribution in [3.63, 3.8) is 0 Å². The fraction of sp³-hybridized carbons (Fsp3) is 0.211. The van der Waals surface area contributed by atoms with E-state index in [1.54, 1.807) is 12.1 Å². The van der Waals surface area contributed by atoms with E-state index in [-0.39, 0.29) is 28.3 Å². The minimum atomic E-state index is -1.10. The summed E-state index contributed by atoms with van der Waals surface area (Å²) in [5.41, 5.74) is 1.86. The zero-order valence-electron chi connectivity index (χ0n) is 13.9. The number of ketones is 2. The smallest absolute Gasteiger partial charge is 0.279 e. The Hall–Kier alpha value is -3.15. The Kier molecular flexibility index (Phi) is 4.27. The zero-order chi connectivity index (χ0) is 18.1. The van der Waals surface area contributed by atoms with Gasteiger partial charge in [0, 0.05) is 11.6 Å². The highest BCUT2D eigenvalue weighted by Gasteiger charge is 2.43. The Labute approximate surface area is 144 Å². The lowest BCUT2D eigenvalue weighted by Crippen LogP contribution is -2.23. The molecule has 0 unspecified atom stereocenters. The maximum Gasteiger partial charge on any atom is 0.279 e. The maximum absolute atomic E-state index is 12.6. The number of para-hydroxylation sites is 1. The van der Waals surface area contributed by atoms with Crippen molar-refractivity contribution in [3.8, 4) is 0 Å². The molecule has 0 saturated carbocycles. The Morgan fingerprint density at radius 3 is 2.56 bits per heavy atom. The van der Waals surface area contributed by atoms with Crippen LogP contribution in [0.2, 0.25) is 0 Å². The van der Waals surface area contributed by atoms with Crippen molar-refractivity contribution in [2.45, 2.75) is 20.3 Å². The summed E-state index contributed by atoms with van der Waals surface area (Å²) >= 11 is 0. The first-order chi connectivity index (χ1) is 12.0. The van der Waals surface area contributed by atoms with Crippen LogP contribution < -0.4 is 0 Å². The number of aliphatic imine (C=N–C) groups is 1. The van der Waals surface area contributed by atoms with Gasteiger partial charge >= 0.3 is 0 Å². The molecular formula is C19H16N2O4. The Morgan fingerprint density at radius 1 is 1.20 bits per heavy atom. The second-order valence-corrected chi connectivity index (χ2v) is 5.84. The van der Waals surface area contributed by atoms with Crippen molar-refractivity contribution in [1.29, 1.82) is 0 Å². The van der Waals surface area contributed by atoms with Gasteiger partial charge in [-0.1, -0.05) is 37.3 Å². The zero-order valence-corrected chi connectivity index (χ0v) is 13.9. The van der Waals surface area contributed by atoms with E-state index in [4.69, 9.17) is 0 Å². The van der Waals surface area contributed by atoms with Gasteiger partial charge in [-0.15, -0.1) is 0 Å². The van der Waals surface area contributed by atoms with E-state index < -0.39 is 16.6 Å². The number of carbonyl (C=O) groups excluding carboxylic acids is 2. The fourth-order valence-electron chi connectivity index (χ4n) is 3.14. The highest BCUT2D eigenvalue weighted by atomic mass is 16.6. The topological polar surface area (TPSA) is 89.6 Å². The molecule has 0 radical (unpaired) electrons. The molecule has 0 heterocycles. The first-order valence-corrected chi connectivity index (χ1v) is 7.94. The second-order valence-electron chi connectivity index (χ2n) is 5.84. The maximum atomic E-state index is 12.6. The molecule has 1 aliphatic rings. The average Bonchev–Trinajstić information content (AvgIpc) is 2.87. The quantitative estimate of drug-likeness (QED) is 0.484. The lowest BCUT2D eigenvalue weighted by atomic mass is 9.98. The van der Waals surface area contributed by atoms with Crippen LogP contribution in [0.15, 0.2) is 47.5 Å². The lowest BCUT2D eigenvalue weighted by Gasteiger charge is -2.09. The number of aryl methyl sites for hydroxylation is 1. The van der Waals surface area contributed by atoms with Crippen LogP contribution in [0.1, 0.15) is 35.3 Å². The first-order valence-electron chi connectivity index (χ1n) is 7.94. The molecule has 1 aliphatic carbocycles. The first kappa shape index (κ1) is 16.7. The van der Waals surface area contributed by atoms with Crippen LogP contribution in [-0.4, -0.2) is 22.2 Å². The molecule has 6 heteroatoms. The summed E-state index contributed by atoms with van der Waals surface area (Å²) in [6.45, 7) is 3.28. The van der Waals surface area contributed by atoms with Crippen molar-refractivity contribution < 1.29 is 14.5 Å². The third-order valence-corrected chi connectivity index (χ3v) is 4.32. The summed E-state index contributed by atoms with van der Waals surface area (Å²) in [5, 5.41) is 11.4. The van der Waals surface area contributed by atoms with Crippen LogP contribution in [0, 0.1) is 16.0 Å². The molecule has 0 saturated heterocycles. The molecule has 0 aliphatic heterocycles. The minimum Gasteiger partial charge on any atom is -0.299 e. The van der Waals surface area contributed by atoms with E-state index in [0.717, 1.165) is 12.0 Å². The minimum absolute atomic E-state index is 0.156. The van der Waals surface area contributed by atoms with Crippen molar-refractivity contribution in [2.24, 2.45) is 10.9 Å². The molecule has 0 spiro atoms. The van der Waals surface area contributed by atoms with Crippen molar-refractivity contribution in [3.05, 3.63) is 69.3 Å². The third kappa shape index (κ3) is 2.76. The Balaban J connectivity index is 2.31. The molecule has 0 aromatic heterocycles. The normalized spacial score (nSPS) is 17.6. The van der Waals surface area contributed by atoms with E-state index in [2.05, 4.69) is 4.99 Å². The predicted octanol–water partition coefficient (Wildman–Crippen LogP) is 3.68. The molecule has 25 heavy (non-hydrogen) atoms. The van der Waals surface area contributed by atoms with Crippen LogP contribution in [-0.2, 0) is 11.2 Å². The summed E-state index contributed by atoms with van der Waals surface area (Å²) in [6.07, 6.45) is 0.718. The highest BCUT2D eigenvalue weighted by molar-refractivity contribution is 6.38. The van der Waals surface area contributed by atoms with Crippen molar-refractivity contribution in [2.75, 3.05) is 0 Å². The molecule has 3 rings (SSSR count). The monoisotopic (exact) mass is 336 g/mol. The van der Waals surface area contributed by atoms with E-state index in [9.17, 15) is 19.7 Å². The van der Waals surface area contributed by atoms with Crippen LogP contribution in [0.4, 0.5) is 11.4 Å². The van der Waals surface area contributed by atoms with Gasteiger partial charge in [-0.2, -0.15) is 0 Å². The van der Waals surface area contributed by atoms with E-state index in [1.165, 1.54) is 25.1 Å². The number of hydrogen-bond donors (Lipinski definition) is 0. The van der Waals surface area contributed by atoms with Crippen molar-refractivity contribution in [1.82, 2.24) is 0 Å². The van der Waals surface area contributed by atoms with Gasteiger partial charge in [-0.05, 0) is 25.0 Å². The van der Waals surface area contributed by atoms with E-state index in [0.29, 0.717) is 5.69 Å². The van der Waals surface area contributed by atoms with Gasteiger partial charge in [0.2, 0.25) is 0 Å². The van der Waals surface area contributed by atoms with E-state index in [1.807, 2.05) is 19.1 Å². The summed E-state index contributed by atoms with van der Waals surface area (Å²) in [6, 6.07) is 11.7. The molecule has 0 amide bonds. The fourth-order valence-corrected chi connectivity index (χ4v) is 3.14. The number of carbonyl (C=O) groups is 2. The second kappa shape index (κ2) is 6.39. The predicted molar refractivity (Wildman–Crippen MR) is 93.6 cm³/mol. The third-order valence-electron chi connectivity index (χ3n) is 4.32. The molecule has 126 valence electrons. The average molecular weight is 336 g/mol. The standard InChI is InChI=1S/C19H16N2O4/c1-3-12-7-4-5-9-14(12)20-18-16(11(2)22)19(23)13-8-6-10-15(17(13)18)21(24)25/h4-10,16H,3H2,1-2H3/t16-/m1/s1.